The summed E-state index contributed by atoms with van der Waals surface area (Å²) in [6.07, 6.45) is 4.59. The number of rotatable bonds is 8. The number of hydrogen-bond acceptors (Lipinski definition) is 8. The van der Waals surface area contributed by atoms with Crippen molar-refractivity contribution in [3.05, 3.63) is 66.1 Å². The van der Waals surface area contributed by atoms with Crippen molar-refractivity contribution in [3.63, 3.8) is 0 Å². The third-order valence-corrected chi connectivity index (χ3v) is 5.88. The molecule has 8 nitrogen and oxygen atoms in total. The van der Waals surface area contributed by atoms with E-state index >= 15 is 0 Å². The Morgan fingerprint density at radius 3 is 2.55 bits per heavy atom. The predicted molar refractivity (Wildman–Crippen MR) is 122 cm³/mol. The number of methoxy groups -OCH3 is 1. The number of pyridine rings is 1. The molecule has 1 saturated carbocycles. The molecule has 0 unspecified atom stereocenters. The zero-order valence-corrected chi connectivity index (χ0v) is 19.0. The molecule has 2 atom stereocenters. The van der Waals surface area contributed by atoms with Crippen molar-refractivity contribution < 1.29 is 14.0 Å². The first-order valence-electron chi connectivity index (χ1n) is 10.6. The topological polar surface area (TPSA) is 96.1 Å². The van der Waals surface area contributed by atoms with Crippen molar-refractivity contribution in [2.45, 2.75) is 25.1 Å². The quantitative estimate of drug-likeness (QED) is 0.343. The van der Waals surface area contributed by atoms with Crippen LogP contribution in [0.1, 0.15) is 29.7 Å². The van der Waals surface area contributed by atoms with E-state index in [4.69, 9.17) is 25.6 Å². The molecule has 5 rings (SSSR count). The number of hydrogen-bond donors (Lipinski definition) is 0. The number of aromatic nitrogens is 5. The summed E-state index contributed by atoms with van der Waals surface area (Å²) in [5.41, 5.74) is 3.65. The van der Waals surface area contributed by atoms with Crippen LogP contribution < -0.4 is 9.47 Å². The maximum absolute atomic E-state index is 6.17. The van der Waals surface area contributed by atoms with Gasteiger partial charge in [-0.2, -0.15) is 9.97 Å². The standard InChI is InChI=1S/C24H22ClN5O3/c1-14-26-12-20(15-3-5-16(6-4-15)23-29-22(10-25)30-33-23)24(28-14)32-13-17-9-19(17)21-8-7-18(31-2)11-27-21/h3-8,11-12,17,19H,9-10,13H2,1-2H3/t17-,19+/m1/s1. The van der Waals surface area contributed by atoms with Crippen molar-refractivity contribution in [2.24, 2.45) is 5.92 Å². The van der Waals surface area contributed by atoms with E-state index in [9.17, 15) is 0 Å². The summed E-state index contributed by atoms with van der Waals surface area (Å²) in [5, 5.41) is 3.83. The second-order valence-electron chi connectivity index (χ2n) is 7.90. The van der Waals surface area contributed by atoms with Crippen LogP contribution in [0.3, 0.4) is 0 Å². The van der Waals surface area contributed by atoms with Gasteiger partial charge in [-0.1, -0.05) is 17.3 Å². The van der Waals surface area contributed by atoms with Crippen LogP contribution in [0.25, 0.3) is 22.6 Å². The third kappa shape index (κ3) is 4.66. The van der Waals surface area contributed by atoms with Gasteiger partial charge in [-0.25, -0.2) is 4.98 Å². The lowest BCUT2D eigenvalue weighted by Gasteiger charge is -2.11. The Labute approximate surface area is 196 Å². The van der Waals surface area contributed by atoms with E-state index in [-0.39, 0.29) is 5.88 Å². The zero-order valence-electron chi connectivity index (χ0n) is 18.2. The van der Waals surface area contributed by atoms with Crippen molar-refractivity contribution in [2.75, 3.05) is 13.7 Å². The molecule has 0 aliphatic heterocycles. The fourth-order valence-corrected chi connectivity index (χ4v) is 3.80. The largest absolute Gasteiger partial charge is 0.495 e. The SMILES string of the molecule is COc1ccc([C@H]2C[C@@H]2COc2nc(C)ncc2-c2ccc(-c3nc(CCl)no3)cc2)nc1. The molecule has 0 amide bonds. The Kier molecular flexibility index (Phi) is 5.92. The number of aryl methyl sites for hydroxylation is 1. The second-order valence-corrected chi connectivity index (χ2v) is 8.17. The minimum absolute atomic E-state index is 0.208. The van der Waals surface area contributed by atoms with E-state index in [1.807, 2.05) is 43.3 Å². The van der Waals surface area contributed by atoms with Crippen LogP contribution in [0.2, 0.25) is 0 Å². The predicted octanol–water partition coefficient (Wildman–Crippen LogP) is 4.83. The third-order valence-electron chi connectivity index (χ3n) is 5.64. The molecule has 0 bridgehead atoms. The van der Waals surface area contributed by atoms with Gasteiger partial charge in [0.2, 0.25) is 5.88 Å². The highest BCUT2D eigenvalue weighted by Gasteiger charge is 2.40. The fraction of sp³-hybridized carbons (Fsp3) is 0.292. The molecule has 0 N–H and O–H groups in total. The van der Waals surface area contributed by atoms with Crippen LogP contribution in [0.4, 0.5) is 0 Å². The molecule has 0 spiro atoms. The van der Waals surface area contributed by atoms with E-state index in [0.717, 1.165) is 34.6 Å². The molecule has 0 radical (unpaired) electrons. The van der Waals surface area contributed by atoms with Gasteiger partial charge in [0.15, 0.2) is 5.82 Å². The highest BCUT2D eigenvalue weighted by Crippen LogP contribution is 2.47. The van der Waals surface area contributed by atoms with Gasteiger partial charge in [0.05, 0.1) is 31.4 Å². The number of benzene rings is 1. The molecule has 1 fully saturated rings. The molecule has 1 aliphatic rings. The van der Waals surface area contributed by atoms with Gasteiger partial charge >= 0.3 is 0 Å². The van der Waals surface area contributed by atoms with Crippen LogP contribution in [0, 0.1) is 12.8 Å². The van der Waals surface area contributed by atoms with E-state index < -0.39 is 0 Å². The summed E-state index contributed by atoms with van der Waals surface area (Å²) in [7, 11) is 1.64. The molecule has 1 aliphatic carbocycles. The Morgan fingerprint density at radius 1 is 1.03 bits per heavy atom. The first kappa shape index (κ1) is 21.3. The normalized spacial score (nSPS) is 17.1. The lowest BCUT2D eigenvalue weighted by molar-refractivity contribution is 0.285. The lowest BCUT2D eigenvalue weighted by atomic mass is 10.1. The maximum Gasteiger partial charge on any atom is 0.257 e. The van der Waals surface area contributed by atoms with E-state index in [2.05, 4.69) is 25.1 Å². The van der Waals surface area contributed by atoms with Crippen LogP contribution in [0.5, 0.6) is 11.6 Å². The zero-order chi connectivity index (χ0) is 22.8. The summed E-state index contributed by atoms with van der Waals surface area (Å²) in [5.74, 6) is 3.90. The Bertz CT molecular complexity index is 1240. The smallest absolute Gasteiger partial charge is 0.257 e. The van der Waals surface area contributed by atoms with Crippen LogP contribution in [-0.2, 0) is 5.88 Å². The van der Waals surface area contributed by atoms with Crippen molar-refractivity contribution in [1.29, 1.82) is 0 Å². The Morgan fingerprint density at radius 2 is 1.85 bits per heavy atom. The highest BCUT2D eigenvalue weighted by atomic mass is 35.5. The Hall–Kier alpha value is -3.52. The number of nitrogens with zero attached hydrogens (tertiary/aromatic N) is 5. The summed E-state index contributed by atoms with van der Waals surface area (Å²) < 4.78 is 16.6. The second kappa shape index (κ2) is 9.15. The van der Waals surface area contributed by atoms with E-state index in [0.29, 0.717) is 41.9 Å². The van der Waals surface area contributed by atoms with Gasteiger partial charge in [0.1, 0.15) is 11.6 Å². The first-order chi connectivity index (χ1) is 16.1. The van der Waals surface area contributed by atoms with Gasteiger partial charge in [-0.3, -0.25) is 4.98 Å². The van der Waals surface area contributed by atoms with Gasteiger partial charge in [0.25, 0.3) is 5.89 Å². The summed E-state index contributed by atoms with van der Waals surface area (Å²) >= 11 is 5.75. The molecule has 3 heterocycles. The lowest BCUT2D eigenvalue weighted by Crippen LogP contribution is -2.05. The molecule has 3 aromatic heterocycles. The molecule has 0 saturated heterocycles. The first-order valence-corrected chi connectivity index (χ1v) is 11.1. The van der Waals surface area contributed by atoms with Crippen molar-refractivity contribution in [1.82, 2.24) is 25.1 Å². The molecule has 33 heavy (non-hydrogen) atoms. The summed E-state index contributed by atoms with van der Waals surface area (Å²) in [6, 6.07) is 11.7. The molecular formula is C24H22ClN5O3. The van der Waals surface area contributed by atoms with Gasteiger partial charge in [-0.15, -0.1) is 11.6 Å². The highest BCUT2D eigenvalue weighted by molar-refractivity contribution is 6.16. The Balaban J connectivity index is 1.29. The molecule has 168 valence electrons. The van der Waals surface area contributed by atoms with Crippen molar-refractivity contribution in [3.8, 4) is 34.2 Å². The number of alkyl halides is 1. The fourth-order valence-electron chi connectivity index (χ4n) is 3.69. The van der Waals surface area contributed by atoms with Crippen LogP contribution in [0.15, 0.2) is 53.3 Å². The average molecular weight is 464 g/mol. The van der Waals surface area contributed by atoms with E-state index in [1.54, 1.807) is 19.5 Å². The van der Waals surface area contributed by atoms with Gasteiger partial charge in [-0.05, 0) is 43.2 Å². The van der Waals surface area contributed by atoms with E-state index in [1.165, 1.54) is 0 Å². The number of ether oxygens (including phenoxy) is 2. The molecule has 4 aromatic rings. The molecule has 9 heteroatoms. The summed E-state index contributed by atoms with van der Waals surface area (Å²) in [6.45, 7) is 2.42. The monoisotopic (exact) mass is 463 g/mol. The minimum Gasteiger partial charge on any atom is -0.495 e. The average Bonchev–Trinajstić information content (AvgIpc) is 3.48. The van der Waals surface area contributed by atoms with Crippen LogP contribution in [-0.4, -0.2) is 38.8 Å². The molecule has 1 aromatic carbocycles. The minimum atomic E-state index is 0.208. The van der Waals surface area contributed by atoms with Gasteiger partial charge < -0.3 is 14.0 Å². The van der Waals surface area contributed by atoms with Gasteiger partial charge in [0, 0.05) is 29.3 Å². The van der Waals surface area contributed by atoms with Crippen LogP contribution >= 0.6 is 11.6 Å². The summed E-state index contributed by atoms with van der Waals surface area (Å²) in [4.78, 5) is 17.7. The van der Waals surface area contributed by atoms with Crippen molar-refractivity contribution >= 4 is 11.6 Å². The molecular weight excluding hydrogens is 442 g/mol. The maximum atomic E-state index is 6.17. The number of halogens is 1.